The number of aryl methyl sites for hydroxylation is 2. The Hall–Kier alpha value is -1.65. The van der Waals surface area contributed by atoms with Gasteiger partial charge in [0.25, 0.3) is 0 Å². The van der Waals surface area contributed by atoms with Gasteiger partial charge in [-0.1, -0.05) is 18.2 Å². The molecule has 0 amide bonds. The van der Waals surface area contributed by atoms with Crippen molar-refractivity contribution in [1.82, 2.24) is 9.78 Å². The summed E-state index contributed by atoms with van der Waals surface area (Å²) < 4.78 is 3.24. The molecular weight excluding hydrogens is 266 g/mol. The van der Waals surface area contributed by atoms with E-state index in [1.807, 2.05) is 11.7 Å². The normalized spacial score (nSPS) is 13.0. The molecule has 0 aliphatic carbocycles. The highest BCUT2D eigenvalue weighted by Gasteiger charge is 2.16. The van der Waals surface area contributed by atoms with Crippen LogP contribution in [0.4, 0.5) is 0 Å². The zero-order valence-electron chi connectivity index (χ0n) is 12.1. The van der Waals surface area contributed by atoms with Crippen LogP contribution in [0, 0.1) is 13.8 Å². The van der Waals surface area contributed by atoms with Gasteiger partial charge in [-0.15, -0.1) is 11.3 Å². The van der Waals surface area contributed by atoms with Crippen molar-refractivity contribution in [2.24, 2.45) is 12.8 Å². The Morgan fingerprint density at radius 3 is 2.80 bits per heavy atom. The van der Waals surface area contributed by atoms with Gasteiger partial charge in [0.15, 0.2) is 0 Å². The molecule has 2 aromatic heterocycles. The number of fused-ring (bicyclic) bond motifs is 1. The van der Waals surface area contributed by atoms with Crippen LogP contribution in [0.1, 0.15) is 28.6 Å². The van der Waals surface area contributed by atoms with E-state index in [4.69, 9.17) is 5.73 Å². The van der Waals surface area contributed by atoms with Gasteiger partial charge in [0.1, 0.15) is 0 Å². The maximum Gasteiger partial charge on any atom is 0.0629 e. The number of hydrogen-bond acceptors (Lipinski definition) is 3. The highest BCUT2D eigenvalue weighted by atomic mass is 32.1. The lowest BCUT2D eigenvalue weighted by molar-refractivity contribution is 0.712. The molecule has 2 heterocycles. The minimum Gasteiger partial charge on any atom is -0.324 e. The molecule has 0 saturated carbocycles. The molecule has 0 fully saturated rings. The summed E-state index contributed by atoms with van der Waals surface area (Å²) in [5.74, 6) is 0. The molecule has 0 aliphatic heterocycles. The molecular formula is C16H19N3S. The zero-order chi connectivity index (χ0) is 14.3. The van der Waals surface area contributed by atoms with Gasteiger partial charge in [0, 0.05) is 23.5 Å². The third kappa shape index (κ3) is 2.15. The van der Waals surface area contributed by atoms with Gasteiger partial charge in [-0.3, -0.25) is 4.68 Å². The molecule has 2 N–H and O–H groups in total. The fourth-order valence-electron chi connectivity index (χ4n) is 2.75. The lowest BCUT2D eigenvalue weighted by Gasteiger charge is -2.13. The molecule has 0 bridgehead atoms. The molecule has 3 nitrogen and oxygen atoms in total. The average Bonchev–Trinajstić information content (AvgIpc) is 2.99. The summed E-state index contributed by atoms with van der Waals surface area (Å²) in [7, 11) is 1.98. The van der Waals surface area contributed by atoms with Crippen molar-refractivity contribution in [2.45, 2.75) is 26.3 Å². The fraction of sp³-hybridized carbons (Fsp3) is 0.312. The largest absolute Gasteiger partial charge is 0.324 e. The molecule has 0 aliphatic rings. The zero-order valence-corrected chi connectivity index (χ0v) is 12.9. The maximum atomic E-state index is 6.47. The van der Waals surface area contributed by atoms with Crippen LogP contribution in [-0.4, -0.2) is 9.78 Å². The van der Waals surface area contributed by atoms with E-state index >= 15 is 0 Å². The predicted octanol–water partition coefficient (Wildman–Crippen LogP) is 3.49. The molecule has 3 rings (SSSR count). The van der Waals surface area contributed by atoms with E-state index < -0.39 is 0 Å². The van der Waals surface area contributed by atoms with Crippen LogP contribution >= 0.6 is 11.3 Å². The molecule has 3 aromatic rings. The number of nitrogens with zero attached hydrogens (tertiary/aromatic N) is 2. The van der Waals surface area contributed by atoms with Gasteiger partial charge in [-0.05, 0) is 48.2 Å². The predicted molar refractivity (Wildman–Crippen MR) is 85.1 cm³/mol. The first-order valence-corrected chi connectivity index (χ1v) is 7.66. The second-order valence-corrected chi connectivity index (χ2v) is 6.19. The van der Waals surface area contributed by atoms with Gasteiger partial charge < -0.3 is 5.73 Å². The number of rotatable bonds is 3. The van der Waals surface area contributed by atoms with Crippen LogP contribution in [0.3, 0.4) is 0 Å². The Morgan fingerprint density at radius 2 is 2.10 bits per heavy atom. The third-order valence-electron chi connectivity index (χ3n) is 3.99. The quantitative estimate of drug-likeness (QED) is 0.800. The van der Waals surface area contributed by atoms with Crippen molar-refractivity contribution in [3.63, 3.8) is 0 Å². The molecule has 0 radical (unpaired) electrons. The number of aromatic nitrogens is 2. The van der Waals surface area contributed by atoms with Gasteiger partial charge in [-0.25, -0.2) is 0 Å². The van der Waals surface area contributed by atoms with Crippen LogP contribution in [0.5, 0.6) is 0 Å². The SMILES string of the molecule is Cc1nn(C)c(C)c1CC(N)c1cccc2ccsc12. The van der Waals surface area contributed by atoms with Crippen LogP contribution in [0.25, 0.3) is 10.1 Å². The van der Waals surface area contributed by atoms with Gasteiger partial charge in [0.05, 0.1) is 5.69 Å². The van der Waals surface area contributed by atoms with E-state index in [1.165, 1.54) is 26.9 Å². The molecule has 104 valence electrons. The Morgan fingerprint density at radius 1 is 1.30 bits per heavy atom. The topological polar surface area (TPSA) is 43.8 Å². The van der Waals surface area contributed by atoms with Gasteiger partial charge in [-0.2, -0.15) is 5.10 Å². The summed E-state index contributed by atoms with van der Waals surface area (Å²) in [6.45, 7) is 4.16. The van der Waals surface area contributed by atoms with Crippen molar-refractivity contribution < 1.29 is 0 Å². The highest BCUT2D eigenvalue weighted by Crippen LogP contribution is 2.30. The second-order valence-electron chi connectivity index (χ2n) is 5.27. The molecule has 20 heavy (non-hydrogen) atoms. The van der Waals surface area contributed by atoms with Crippen LogP contribution in [-0.2, 0) is 13.5 Å². The molecule has 1 aromatic carbocycles. The summed E-state index contributed by atoms with van der Waals surface area (Å²) in [6, 6.07) is 8.54. The molecule has 0 saturated heterocycles. The summed E-state index contributed by atoms with van der Waals surface area (Å²) >= 11 is 1.77. The Bertz CT molecular complexity index is 754. The van der Waals surface area contributed by atoms with E-state index in [0.29, 0.717) is 0 Å². The molecule has 0 spiro atoms. The molecule has 1 unspecified atom stereocenters. The van der Waals surface area contributed by atoms with Crippen molar-refractivity contribution in [3.8, 4) is 0 Å². The van der Waals surface area contributed by atoms with Crippen molar-refractivity contribution >= 4 is 21.4 Å². The van der Waals surface area contributed by atoms with Crippen LogP contribution in [0.2, 0.25) is 0 Å². The number of thiophene rings is 1. The highest BCUT2D eigenvalue weighted by molar-refractivity contribution is 7.17. The lowest BCUT2D eigenvalue weighted by atomic mass is 9.97. The van der Waals surface area contributed by atoms with Gasteiger partial charge >= 0.3 is 0 Å². The van der Waals surface area contributed by atoms with E-state index in [0.717, 1.165) is 12.1 Å². The molecule has 4 heteroatoms. The fourth-order valence-corrected chi connectivity index (χ4v) is 3.73. The van der Waals surface area contributed by atoms with Crippen molar-refractivity contribution in [3.05, 3.63) is 52.2 Å². The van der Waals surface area contributed by atoms with Crippen molar-refractivity contribution in [2.75, 3.05) is 0 Å². The Labute approximate surface area is 123 Å². The summed E-state index contributed by atoms with van der Waals surface area (Å²) in [5, 5.41) is 7.88. The first-order valence-electron chi connectivity index (χ1n) is 6.78. The average molecular weight is 285 g/mol. The third-order valence-corrected chi connectivity index (χ3v) is 4.97. The Balaban J connectivity index is 1.97. The van der Waals surface area contributed by atoms with E-state index in [1.54, 1.807) is 11.3 Å². The van der Waals surface area contributed by atoms with E-state index in [9.17, 15) is 0 Å². The number of hydrogen-bond donors (Lipinski definition) is 1. The van der Waals surface area contributed by atoms with Crippen molar-refractivity contribution in [1.29, 1.82) is 0 Å². The first-order chi connectivity index (χ1) is 9.58. The maximum absolute atomic E-state index is 6.47. The number of benzene rings is 1. The van der Waals surface area contributed by atoms with Gasteiger partial charge in [0.2, 0.25) is 0 Å². The van der Waals surface area contributed by atoms with Crippen LogP contribution < -0.4 is 5.73 Å². The van der Waals surface area contributed by atoms with E-state index in [2.05, 4.69) is 48.6 Å². The first kappa shape index (κ1) is 13.3. The van der Waals surface area contributed by atoms with Crippen LogP contribution in [0.15, 0.2) is 29.6 Å². The van der Waals surface area contributed by atoms with E-state index in [-0.39, 0.29) is 6.04 Å². The standard InChI is InChI=1S/C16H19N3S/c1-10-14(11(2)19(3)18-10)9-15(17)13-6-4-5-12-7-8-20-16(12)13/h4-8,15H,9,17H2,1-3H3. The smallest absolute Gasteiger partial charge is 0.0629 e. The summed E-state index contributed by atoms with van der Waals surface area (Å²) in [4.78, 5) is 0. The minimum absolute atomic E-state index is 0.0129. The second kappa shape index (κ2) is 5.04. The summed E-state index contributed by atoms with van der Waals surface area (Å²) in [5.41, 5.74) is 11.3. The minimum atomic E-state index is 0.0129. The lowest BCUT2D eigenvalue weighted by Crippen LogP contribution is -2.14. The monoisotopic (exact) mass is 285 g/mol. The Kier molecular flexibility index (Phi) is 3.36. The summed E-state index contributed by atoms with van der Waals surface area (Å²) in [6.07, 6.45) is 0.836. The molecule has 1 atom stereocenters. The number of nitrogens with two attached hydrogens (primary N) is 1.